The third-order valence-corrected chi connectivity index (χ3v) is 6.99. The molecule has 0 saturated carbocycles. The Morgan fingerprint density at radius 3 is 2.50 bits per heavy atom. The van der Waals surface area contributed by atoms with E-state index in [1.165, 1.54) is 32.1 Å². The molecular formula is C19H32NO2PS. The van der Waals surface area contributed by atoms with Gasteiger partial charge in [-0.2, -0.15) is 0 Å². The molecule has 1 aromatic rings. The molecule has 1 fully saturated rings. The fraction of sp³-hybridized carbons (Fsp3) is 0.684. The summed E-state index contributed by atoms with van der Waals surface area (Å²) < 4.78 is 11.5. The molecule has 2 N–H and O–H groups in total. The van der Waals surface area contributed by atoms with E-state index in [1.807, 2.05) is 30.3 Å². The Morgan fingerprint density at radius 1 is 1.21 bits per heavy atom. The van der Waals surface area contributed by atoms with Gasteiger partial charge >= 0.3 is 0 Å². The Hall–Kier alpha value is -0.410. The molecule has 3 nitrogen and oxygen atoms in total. The van der Waals surface area contributed by atoms with Crippen LogP contribution in [0.1, 0.15) is 59.3 Å². The van der Waals surface area contributed by atoms with E-state index in [1.54, 1.807) is 0 Å². The van der Waals surface area contributed by atoms with E-state index in [0.29, 0.717) is 6.10 Å². The van der Waals surface area contributed by atoms with Crippen LogP contribution in [-0.4, -0.2) is 17.9 Å². The molecule has 3 unspecified atom stereocenters. The van der Waals surface area contributed by atoms with Gasteiger partial charge in [0.2, 0.25) is 0 Å². The van der Waals surface area contributed by atoms with Crippen LogP contribution in [-0.2, 0) is 16.5 Å². The average Bonchev–Trinajstić information content (AvgIpc) is 3.12. The first-order valence-electron chi connectivity index (χ1n) is 9.08. The number of hydrogen-bond acceptors (Lipinski definition) is 3. The minimum Gasteiger partial charge on any atom is -0.454 e. The number of nitrogens with two attached hydrogens (primary N) is 1. The predicted octanol–water partition coefficient (Wildman–Crippen LogP) is 5.49. The van der Waals surface area contributed by atoms with Crippen molar-refractivity contribution < 1.29 is 9.26 Å². The molecule has 0 aliphatic carbocycles. The van der Waals surface area contributed by atoms with Crippen molar-refractivity contribution in [2.24, 2.45) is 11.4 Å². The van der Waals surface area contributed by atoms with Crippen molar-refractivity contribution in [3.63, 3.8) is 0 Å². The third kappa shape index (κ3) is 7.23. The van der Waals surface area contributed by atoms with Gasteiger partial charge in [0, 0.05) is 6.16 Å². The summed E-state index contributed by atoms with van der Waals surface area (Å²) in [6.45, 7) is 6.70. The van der Waals surface area contributed by atoms with Crippen molar-refractivity contribution in [3.8, 4) is 5.75 Å². The number of benzene rings is 1. The van der Waals surface area contributed by atoms with Crippen LogP contribution >= 0.6 is 6.42 Å². The molecule has 1 heterocycles. The Labute approximate surface area is 152 Å². The summed E-state index contributed by atoms with van der Waals surface area (Å²) in [5.74, 6) is 1.56. The van der Waals surface area contributed by atoms with Gasteiger partial charge in [-0.3, -0.25) is 5.50 Å². The Bertz CT molecular complexity index is 550. The Kier molecular flexibility index (Phi) is 7.30. The summed E-state index contributed by atoms with van der Waals surface area (Å²) in [4.78, 5) is 0. The third-order valence-electron chi connectivity index (χ3n) is 4.76. The lowest BCUT2D eigenvalue weighted by Gasteiger charge is -2.18. The van der Waals surface area contributed by atoms with Crippen LogP contribution in [0.5, 0.6) is 5.75 Å². The van der Waals surface area contributed by atoms with E-state index in [0.717, 1.165) is 24.3 Å². The minimum absolute atomic E-state index is 0.135. The Balaban J connectivity index is 1.53. The molecule has 0 spiro atoms. The molecule has 1 saturated heterocycles. The van der Waals surface area contributed by atoms with Crippen LogP contribution in [0.2, 0.25) is 0 Å². The highest BCUT2D eigenvalue weighted by Crippen LogP contribution is 2.41. The molecule has 1 aromatic carbocycles. The highest BCUT2D eigenvalue weighted by atomic mass is 32.4. The zero-order valence-corrected chi connectivity index (χ0v) is 17.0. The van der Waals surface area contributed by atoms with Gasteiger partial charge in [0.15, 0.2) is 6.42 Å². The van der Waals surface area contributed by atoms with Crippen LogP contribution < -0.4 is 10.0 Å². The summed E-state index contributed by atoms with van der Waals surface area (Å²) in [5.41, 5.74) is 6.33. The van der Waals surface area contributed by atoms with Gasteiger partial charge in [-0.05, 0) is 63.0 Å². The summed E-state index contributed by atoms with van der Waals surface area (Å²) in [5, 5.41) is 0. The second-order valence-electron chi connectivity index (χ2n) is 7.60. The number of para-hydroxylation sites is 1. The molecule has 0 bridgehead atoms. The quantitative estimate of drug-likeness (QED) is 0.318. The van der Waals surface area contributed by atoms with Crippen LogP contribution in [0.3, 0.4) is 0 Å². The lowest BCUT2D eigenvalue weighted by molar-refractivity contribution is 0.312. The van der Waals surface area contributed by atoms with Crippen molar-refractivity contribution >= 4 is 18.2 Å². The first kappa shape index (κ1) is 19.9. The van der Waals surface area contributed by atoms with E-state index in [2.05, 4.69) is 20.8 Å². The standard InChI is InChI=1S/C19H32NO2PS/c1-16(13-14-18-19(2,3)21-18)10-6-5-9-15-23(20,24)22-17-11-7-4-8-12-17/h4,7-8,11-12,16,18H,5-6,9-10,13-15H2,1-3H3,(H2,20,24). The lowest BCUT2D eigenvalue weighted by atomic mass is 9.95. The van der Waals surface area contributed by atoms with Crippen LogP contribution in [0.15, 0.2) is 30.3 Å². The maximum absolute atomic E-state index is 6.19. The van der Waals surface area contributed by atoms with Gasteiger partial charge in [0.05, 0.1) is 11.7 Å². The Morgan fingerprint density at radius 2 is 1.88 bits per heavy atom. The first-order chi connectivity index (χ1) is 11.3. The fourth-order valence-corrected chi connectivity index (χ4v) is 4.91. The molecular weight excluding hydrogens is 337 g/mol. The highest BCUT2D eigenvalue weighted by Gasteiger charge is 2.46. The highest BCUT2D eigenvalue weighted by molar-refractivity contribution is 8.11. The van der Waals surface area contributed by atoms with Gasteiger partial charge in [-0.15, -0.1) is 0 Å². The zero-order chi connectivity index (χ0) is 17.6. The molecule has 3 atom stereocenters. The zero-order valence-electron chi connectivity index (χ0n) is 15.2. The maximum Gasteiger partial charge on any atom is 0.175 e. The molecule has 0 aromatic heterocycles. The summed E-state index contributed by atoms with van der Waals surface area (Å²) in [6.07, 6.45) is 6.34. The molecule has 24 heavy (non-hydrogen) atoms. The molecule has 1 aliphatic rings. The van der Waals surface area contributed by atoms with Crippen LogP contribution in [0.25, 0.3) is 0 Å². The average molecular weight is 370 g/mol. The summed E-state index contributed by atoms with van der Waals surface area (Å²) in [7, 11) is 0. The monoisotopic (exact) mass is 369 g/mol. The van der Waals surface area contributed by atoms with Gasteiger partial charge in [-0.25, -0.2) is 0 Å². The minimum atomic E-state index is -2.19. The normalized spacial score (nSPS) is 22.6. The number of ether oxygens (including phenoxy) is 1. The molecule has 136 valence electrons. The molecule has 1 aliphatic heterocycles. The topological polar surface area (TPSA) is 47.8 Å². The maximum atomic E-state index is 6.19. The van der Waals surface area contributed by atoms with E-state index in [4.69, 9.17) is 26.6 Å². The smallest absolute Gasteiger partial charge is 0.175 e. The molecule has 5 heteroatoms. The number of rotatable bonds is 11. The summed E-state index contributed by atoms with van der Waals surface area (Å²) >= 11 is 5.48. The van der Waals surface area contributed by atoms with Gasteiger partial charge in [-0.1, -0.05) is 44.4 Å². The van der Waals surface area contributed by atoms with E-state index in [-0.39, 0.29) is 5.60 Å². The second kappa shape index (κ2) is 8.80. The van der Waals surface area contributed by atoms with Crippen molar-refractivity contribution in [2.75, 3.05) is 6.16 Å². The first-order valence-corrected chi connectivity index (χ1v) is 12.1. The predicted molar refractivity (Wildman–Crippen MR) is 106 cm³/mol. The molecule has 2 rings (SSSR count). The largest absolute Gasteiger partial charge is 0.454 e. The number of unbranched alkanes of at least 4 members (excludes halogenated alkanes) is 2. The molecule has 0 radical (unpaired) electrons. The van der Waals surface area contributed by atoms with Crippen molar-refractivity contribution in [1.29, 1.82) is 0 Å². The van der Waals surface area contributed by atoms with Gasteiger partial charge in [0.1, 0.15) is 5.75 Å². The molecule has 0 amide bonds. The van der Waals surface area contributed by atoms with Crippen molar-refractivity contribution in [1.82, 2.24) is 0 Å². The van der Waals surface area contributed by atoms with E-state index >= 15 is 0 Å². The van der Waals surface area contributed by atoms with Gasteiger partial charge < -0.3 is 9.26 Å². The number of hydrogen-bond donors (Lipinski definition) is 1. The van der Waals surface area contributed by atoms with Gasteiger partial charge in [0.25, 0.3) is 0 Å². The van der Waals surface area contributed by atoms with Crippen LogP contribution in [0.4, 0.5) is 0 Å². The van der Waals surface area contributed by atoms with Crippen molar-refractivity contribution in [2.45, 2.75) is 71.0 Å². The second-order valence-corrected chi connectivity index (χ2v) is 11.5. The number of epoxide rings is 1. The SMILES string of the molecule is CC(CCCCCP(N)(=S)Oc1ccccc1)CCC1OC1(C)C. The summed E-state index contributed by atoms with van der Waals surface area (Å²) in [6, 6.07) is 9.69. The van der Waals surface area contributed by atoms with E-state index in [9.17, 15) is 0 Å². The fourth-order valence-electron chi connectivity index (χ4n) is 3.03. The van der Waals surface area contributed by atoms with Crippen LogP contribution in [0, 0.1) is 5.92 Å². The van der Waals surface area contributed by atoms with Crippen molar-refractivity contribution in [3.05, 3.63) is 30.3 Å². The van der Waals surface area contributed by atoms with E-state index < -0.39 is 6.42 Å². The lowest BCUT2D eigenvalue weighted by Crippen LogP contribution is -2.07.